The van der Waals surface area contributed by atoms with Crippen LogP contribution in [-0.2, 0) is 4.79 Å². The van der Waals surface area contributed by atoms with Crippen LogP contribution in [0.5, 0.6) is 5.75 Å². The summed E-state index contributed by atoms with van der Waals surface area (Å²) in [7, 11) is 1.61. The number of hydrogen-bond donors (Lipinski definition) is 1. The Morgan fingerprint density at radius 2 is 1.92 bits per heavy atom. The first-order chi connectivity index (χ1) is 12.6. The molecule has 3 rings (SSSR count). The molecule has 0 saturated carbocycles. The van der Waals surface area contributed by atoms with Gasteiger partial charge in [0.1, 0.15) is 11.6 Å². The molecule has 1 saturated heterocycles. The Balaban J connectivity index is 1.63. The normalized spacial score (nSPS) is 16.4. The molecule has 1 heterocycles. The van der Waals surface area contributed by atoms with Gasteiger partial charge < -0.3 is 15.0 Å². The molecule has 1 aliphatic rings. The summed E-state index contributed by atoms with van der Waals surface area (Å²) in [5.74, 6) is -0.596. The fourth-order valence-electron chi connectivity index (χ4n) is 3.24. The zero-order valence-corrected chi connectivity index (χ0v) is 14.6. The van der Waals surface area contributed by atoms with Crippen LogP contribution in [-0.4, -0.2) is 36.9 Å². The topological polar surface area (TPSA) is 58.6 Å². The van der Waals surface area contributed by atoms with E-state index in [-0.39, 0.29) is 24.1 Å². The fraction of sp³-hybridized carbons (Fsp3) is 0.300. The minimum absolute atomic E-state index is 0.0150. The van der Waals surface area contributed by atoms with Crippen molar-refractivity contribution >= 4 is 11.8 Å². The number of hydrogen-bond acceptors (Lipinski definition) is 3. The smallest absolute Gasteiger partial charge is 0.254 e. The number of halogens is 1. The van der Waals surface area contributed by atoms with Crippen LogP contribution in [0.3, 0.4) is 0 Å². The largest absolute Gasteiger partial charge is 0.497 e. The lowest BCUT2D eigenvalue weighted by molar-refractivity contribution is -0.131. The maximum Gasteiger partial charge on any atom is 0.254 e. The van der Waals surface area contributed by atoms with Crippen molar-refractivity contribution in [1.29, 1.82) is 0 Å². The summed E-state index contributed by atoms with van der Waals surface area (Å²) in [5, 5.41) is 2.52. The summed E-state index contributed by atoms with van der Waals surface area (Å²) in [6.07, 6.45) is 1.78. The minimum Gasteiger partial charge on any atom is -0.497 e. The van der Waals surface area contributed by atoms with Crippen molar-refractivity contribution < 1.29 is 18.7 Å². The number of benzene rings is 2. The van der Waals surface area contributed by atoms with Gasteiger partial charge in [-0.1, -0.05) is 24.3 Å². The van der Waals surface area contributed by atoms with E-state index >= 15 is 0 Å². The number of nitrogens with one attached hydrogen (secondary N) is 1. The van der Waals surface area contributed by atoms with Crippen LogP contribution in [0.25, 0.3) is 0 Å². The fourth-order valence-corrected chi connectivity index (χ4v) is 3.24. The van der Waals surface area contributed by atoms with Gasteiger partial charge >= 0.3 is 0 Å². The molecule has 2 aromatic rings. The molecule has 6 heteroatoms. The second-order valence-electron chi connectivity index (χ2n) is 6.18. The molecule has 0 aliphatic carbocycles. The van der Waals surface area contributed by atoms with E-state index in [0.29, 0.717) is 6.54 Å². The van der Waals surface area contributed by atoms with Crippen molar-refractivity contribution in [1.82, 2.24) is 10.2 Å². The van der Waals surface area contributed by atoms with Gasteiger partial charge in [0.2, 0.25) is 5.91 Å². The SMILES string of the molecule is COc1ccc([C@H]2CCCN2C(=O)CNC(=O)c2ccccc2F)cc1. The summed E-state index contributed by atoms with van der Waals surface area (Å²) in [6.45, 7) is 0.491. The van der Waals surface area contributed by atoms with Crippen molar-refractivity contribution in [3.8, 4) is 5.75 Å². The van der Waals surface area contributed by atoms with E-state index in [1.54, 1.807) is 18.1 Å². The van der Waals surface area contributed by atoms with Crippen molar-refractivity contribution in [2.45, 2.75) is 18.9 Å². The molecular weight excluding hydrogens is 335 g/mol. The van der Waals surface area contributed by atoms with Gasteiger partial charge in [-0.3, -0.25) is 9.59 Å². The van der Waals surface area contributed by atoms with E-state index in [4.69, 9.17) is 4.74 Å². The Morgan fingerprint density at radius 3 is 2.62 bits per heavy atom. The lowest BCUT2D eigenvalue weighted by Gasteiger charge is -2.25. The van der Waals surface area contributed by atoms with E-state index in [1.807, 2.05) is 24.3 Å². The lowest BCUT2D eigenvalue weighted by atomic mass is 10.0. The van der Waals surface area contributed by atoms with Crippen molar-refractivity contribution in [2.75, 3.05) is 20.2 Å². The number of likely N-dealkylation sites (tertiary alicyclic amines) is 1. The molecule has 0 bridgehead atoms. The van der Waals surface area contributed by atoms with E-state index in [0.717, 1.165) is 24.2 Å². The zero-order valence-electron chi connectivity index (χ0n) is 14.6. The third-order valence-corrected chi connectivity index (χ3v) is 4.59. The maximum absolute atomic E-state index is 13.6. The summed E-state index contributed by atoms with van der Waals surface area (Å²) in [6, 6.07) is 13.3. The number of carbonyl (C=O) groups excluding carboxylic acids is 2. The van der Waals surface area contributed by atoms with Gasteiger partial charge in [0.15, 0.2) is 0 Å². The number of carbonyl (C=O) groups is 2. The first-order valence-corrected chi connectivity index (χ1v) is 8.56. The Labute approximate surface area is 151 Å². The van der Waals surface area contributed by atoms with E-state index in [2.05, 4.69) is 5.32 Å². The highest BCUT2D eigenvalue weighted by molar-refractivity contribution is 5.96. The number of ether oxygens (including phenoxy) is 1. The second-order valence-corrected chi connectivity index (χ2v) is 6.18. The van der Waals surface area contributed by atoms with Gasteiger partial charge in [-0.15, -0.1) is 0 Å². The number of amides is 2. The Morgan fingerprint density at radius 1 is 1.19 bits per heavy atom. The predicted octanol–water partition coefficient (Wildman–Crippen LogP) is 2.93. The maximum atomic E-state index is 13.6. The first-order valence-electron chi connectivity index (χ1n) is 8.56. The molecule has 2 aromatic carbocycles. The van der Waals surface area contributed by atoms with Gasteiger partial charge in [0.25, 0.3) is 5.91 Å². The van der Waals surface area contributed by atoms with Crippen LogP contribution < -0.4 is 10.1 Å². The van der Waals surface area contributed by atoms with E-state index in [9.17, 15) is 14.0 Å². The van der Waals surface area contributed by atoms with E-state index < -0.39 is 11.7 Å². The predicted molar refractivity (Wildman–Crippen MR) is 95.4 cm³/mol. The van der Waals surface area contributed by atoms with Crippen LogP contribution in [0.15, 0.2) is 48.5 Å². The third-order valence-electron chi connectivity index (χ3n) is 4.59. The molecule has 1 N–H and O–H groups in total. The summed E-state index contributed by atoms with van der Waals surface area (Å²) in [4.78, 5) is 26.4. The Kier molecular flexibility index (Phi) is 5.51. The number of nitrogens with zero attached hydrogens (tertiary/aromatic N) is 1. The monoisotopic (exact) mass is 356 g/mol. The minimum atomic E-state index is -0.602. The average Bonchev–Trinajstić information content (AvgIpc) is 3.16. The van der Waals surface area contributed by atoms with Crippen molar-refractivity contribution in [3.05, 3.63) is 65.5 Å². The lowest BCUT2D eigenvalue weighted by Crippen LogP contribution is -2.40. The van der Waals surface area contributed by atoms with Crippen LogP contribution in [0.4, 0.5) is 4.39 Å². The van der Waals surface area contributed by atoms with Gasteiger partial charge in [-0.05, 0) is 42.7 Å². The summed E-state index contributed by atoms with van der Waals surface area (Å²) < 4.78 is 18.8. The Hall–Kier alpha value is -2.89. The van der Waals surface area contributed by atoms with Gasteiger partial charge in [-0.2, -0.15) is 0 Å². The molecule has 2 amide bonds. The highest BCUT2D eigenvalue weighted by Gasteiger charge is 2.30. The quantitative estimate of drug-likeness (QED) is 0.896. The zero-order chi connectivity index (χ0) is 18.5. The molecule has 1 atom stereocenters. The molecule has 136 valence electrons. The van der Waals surface area contributed by atoms with Crippen LogP contribution in [0.1, 0.15) is 34.8 Å². The van der Waals surface area contributed by atoms with Gasteiger partial charge in [0.05, 0.1) is 25.3 Å². The van der Waals surface area contributed by atoms with Gasteiger partial charge in [-0.25, -0.2) is 4.39 Å². The molecular formula is C20H21FN2O3. The number of methoxy groups -OCH3 is 1. The summed E-state index contributed by atoms with van der Waals surface area (Å²) in [5.41, 5.74) is 0.977. The second kappa shape index (κ2) is 7.99. The van der Waals surface area contributed by atoms with Crippen molar-refractivity contribution in [3.63, 3.8) is 0 Å². The van der Waals surface area contributed by atoms with Gasteiger partial charge in [0, 0.05) is 6.54 Å². The molecule has 26 heavy (non-hydrogen) atoms. The molecule has 0 spiro atoms. The molecule has 0 unspecified atom stereocenters. The van der Waals surface area contributed by atoms with Crippen LogP contribution in [0.2, 0.25) is 0 Å². The molecule has 5 nitrogen and oxygen atoms in total. The third kappa shape index (κ3) is 3.85. The van der Waals surface area contributed by atoms with E-state index in [1.165, 1.54) is 18.2 Å². The molecule has 0 aromatic heterocycles. The molecule has 1 fully saturated rings. The standard InChI is InChI=1S/C20H21FN2O3/c1-26-15-10-8-14(9-11-15)18-7-4-12-23(18)19(24)13-22-20(25)16-5-2-3-6-17(16)21/h2-3,5-6,8-11,18H,4,7,12-13H2,1H3,(H,22,25)/t18-/m1/s1. The average molecular weight is 356 g/mol. The highest BCUT2D eigenvalue weighted by Crippen LogP contribution is 2.32. The van der Waals surface area contributed by atoms with Crippen molar-refractivity contribution in [2.24, 2.45) is 0 Å². The molecule has 1 aliphatic heterocycles. The Bertz CT molecular complexity index is 792. The molecule has 0 radical (unpaired) electrons. The van der Waals surface area contributed by atoms with Crippen LogP contribution >= 0.6 is 0 Å². The number of rotatable bonds is 5. The first kappa shape index (κ1) is 17.9. The summed E-state index contributed by atoms with van der Waals surface area (Å²) >= 11 is 0. The highest BCUT2D eigenvalue weighted by atomic mass is 19.1. The van der Waals surface area contributed by atoms with Crippen LogP contribution in [0, 0.1) is 5.82 Å².